The van der Waals surface area contributed by atoms with Crippen LogP contribution in [-0.2, 0) is 23.9 Å². The molecule has 0 fully saturated rings. The maximum absolute atomic E-state index is 11.8. The van der Waals surface area contributed by atoms with Gasteiger partial charge in [0.15, 0.2) is 6.04 Å². The van der Waals surface area contributed by atoms with E-state index in [0.29, 0.717) is 0 Å². The van der Waals surface area contributed by atoms with E-state index < -0.39 is 35.8 Å². The average Bonchev–Trinajstić information content (AvgIpc) is 2.36. The van der Waals surface area contributed by atoms with Crippen molar-refractivity contribution in [3.05, 3.63) is 0 Å². The Balaban J connectivity index is 4.62. The third-order valence-corrected chi connectivity index (χ3v) is 2.44. The number of hydrogen-bond acceptors (Lipinski definition) is 7. The second kappa shape index (κ2) is 8.23. The predicted octanol–water partition coefficient (Wildman–Crippen LogP) is -2.17. The molecule has 0 aromatic heterocycles. The molecule has 5 N–H and O–H groups in total. The lowest BCUT2D eigenvalue weighted by molar-refractivity contribution is -0.143. The molecule has 0 saturated heterocycles. The van der Waals surface area contributed by atoms with E-state index in [-0.39, 0.29) is 12.5 Å². The molecule has 9 heteroatoms. The van der Waals surface area contributed by atoms with Crippen LogP contribution in [0.25, 0.3) is 0 Å². The summed E-state index contributed by atoms with van der Waals surface area (Å²) in [6, 6.07) is -2.69. The molecule has 0 bridgehead atoms. The zero-order chi connectivity index (χ0) is 15.9. The molecule has 0 aliphatic carbocycles. The number of carbonyl (C=O) groups is 4. The van der Waals surface area contributed by atoms with E-state index in [0.717, 1.165) is 0 Å². The molecule has 0 spiro atoms. The van der Waals surface area contributed by atoms with Crippen molar-refractivity contribution in [3.8, 4) is 0 Å². The Morgan fingerprint density at radius 2 is 1.75 bits per heavy atom. The molecule has 2 amide bonds. The molecule has 0 radical (unpaired) electrons. The molecule has 0 aliphatic rings. The standard InChI is InChI=1S/C11H19N3O6/c1-5(2)8(13-4-6(15)20-3)10(17)14-9(16)7(12)11(18)19/h5,7-8,13H,4,12H2,1-3H3,(H,18,19)(H,14,16,17)/t7-,8+/m1/s1. The summed E-state index contributed by atoms with van der Waals surface area (Å²) in [6.45, 7) is 3.16. The van der Waals surface area contributed by atoms with Crippen molar-refractivity contribution in [1.82, 2.24) is 10.6 Å². The van der Waals surface area contributed by atoms with E-state index in [1.807, 2.05) is 5.32 Å². The number of imide groups is 1. The highest BCUT2D eigenvalue weighted by Gasteiger charge is 2.28. The van der Waals surface area contributed by atoms with Crippen molar-refractivity contribution in [2.24, 2.45) is 11.7 Å². The lowest BCUT2D eigenvalue weighted by Gasteiger charge is -2.21. The summed E-state index contributed by atoms with van der Waals surface area (Å²) in [4.78, 5) is 44.7. The largest absolute Gasteiger partial charge is 0.480 e. The van der Waals surface area contributed by atoms with Crippen LogP contribution in [0.4, 0.5) is 0 Å². The lowest BCUT2D eigenvalue weighted by Crippen LogP contribution is -2.55. The van der Waals surface area contributed by atoms with Crippen molar-refractivity contribution in [2.75, 3.05) is 13.7 Å². The van der Waals surface area contributed by atoms with Gasteiger partial charge in [-0.25, -0.2) is 4.79 Å². The number of amides is 2. The van der Waals surface area contributed by atoms with E-state index in [9.17, 15) is 19.2 Å². The molecular formula is C11H19N3O6. The maximum Gasteiger partial charge on any atom is 0.330 e. The highest BCUT2D eigenvalue weighted by atomic mass is 16.5. The number of carboxylic acids is 1. The van der Waals surface area contributed by atoms with Crippen molar-refractivity contribution >= 4 is 23.8 Å². The fourth-order valence-electron chi connectivity index (χ4n) is 1.29. The van der Waals surface area contributed by atoms with Gasteiger partial charge in [-0.2, -0.15) is 0 Å². The summed E-state index contributed by atoms with van der Waals surface area (Å²) in [5, 5.41) is 13.0. The van der Waals surface area contributed by atoms with Gasteiger partial charge in [0.05, 0.1) is 19.7 Å². The molecule has 0 heterocycles. The number of rotatable bonds is 7. The van der Waals surface area contributed by atoms with Gasteiger partial charge in [-0.3, -0.25) is 25.0 Å². The Bertz CT molecular complexity index is 396. The van der Waals surface area contributed by atoms with E-state index in [1.54, 1.807) is 13.8 Å². The minimum atomic E-state index is -1.83. The van der Waals surface area contributed by atoms with Gasteiger partial charge in [-0.15, -0.1) is 0 Å². The van der Waals surface area contributed by atoms with Crippen LogP contribution in [0, 0.1) is 5.92 Å². The zero-order valence-electron chi connectivity index (χ0n) is 11.5. The van der Waals surface area contributed by atoms with Crippen molar-refractivity contribution < 1.29 is 29.0 Å². The number of hydrogen-bond donors (Lipinski definition) is 4. The molecule has 0 aromatic carbocycles. The third kappa shape index (κ3) is 5.76. The van der Waals surface area contributed by atoms with Crippen molar-refractivity contribution in [3.63, 3.8) is 0 Å². The average molecular weight is 289 g/mol. The molecule has 9 nitrogen and oxygen atoms in total. The number of nitrogens with one attached hydrogen (secondary N) is 2. The second-order valence-corrected chi connectivity index (χ2v) is 4.35. The van der Waals surface area contributed by atoms with Gasteiger partial charge in [0.1, 0.15) is 0 Å². The summed E-state index contributed by atoms with van der Waals surface area (Å²) in [5.41, 5.74) is 5.07. The van der Waals surface area contributed by atoms with Crippen LogP contribution in [0.2, 0.25) is 0 Å². The molecule has 0 rings (SSSR count). The normalized spacial score (nSPS) is 13.4. The number of aliphatic carboxylic acids is 1. The van der Waals surface area contributed by atoms with Crippen LogP contribution in [0.3, 0.4) is 0 Å². The highest BCUT2D eigenvalue weighted by Crippen LogP contribution is 2.01. The summed E-state index contributed by atoms with van der Waals surface area (Å²) in [6.07, 6.45) is 0. The Morgan fingerprint density at radius 3 is 2.15 bits per heavy atom. The molecule has 20 heavy (non-hydrogen) atoms. The minimum absolute atomic E-state index is 0.216. The number of carboxylic acid groups (broad SMARTS) is 1. The maximum atomic E-state index is 11.8. The molecule has 114 valence electrons. The summed E-state index contributed by atoms with van der Waals surface area (Å²) >= 11 is 0. The first-order valence-electron chi connectivity index (χ1n) is 5.84. The van der Waals surface area contributed by atoms with Gasteiger partial charge < -0.3 is 15.6 Å². The SMILES string of the molecule is COC(=O)CN[C@H](C(=O)NC(=O)[C@@H](N)C(=O)O)C(C)C. The van der Waals surface area contributed by atoms with Gasteiger partial charge in [-0.05, 0) is 5.92 Å². The third-order valence-electron chi connectivity index (χ3n) is 2.44. The molecule has 2 atom stereocenters. The fourth-order valence-corrected chi connectivity index (χ4v) is 1.29. The number of ether oxygens (including phenoxy) is 1. The number of nitrogens with two attached hydrogens (primary N) is 1. The molecule has 0 aliphatic heterocycles. The van der Waals surface area contributed by atoms with Gasteiger partial charge >= 0.3 is 11.9 Å². The topological polar surface area (TPSA) is 148 Å². The summed E-state index contributed by atoms with van der Waals surface area (Å²) < 4.78 is 4.41. The van der Waals surface area contributed by atoms with E-state index in [1.165, 1.54) is 7.11 Å². The fraction of sp³-hybridized carbons (Fsp3) is 0.636. The number of methoxy groups -OCH3 is 1. The van der Waals surface area contributed by atoms with Crippen molar-refractivity contribution in [1.29, 1.82) is 0 Å². The monoisotopic (exact) mass is 289 g/mol. The van der Waals surface area contributed by atoms with Gasteiger partial charge in [0.25, 0.3) is 5.91 Å². The van der Waals surface area contributed by atoms with Gasteiger partial charge in [0, 0.05) is 0 Å². The molecule has 0 unspecified atom stereocenters. The van der Waals surface area contributed by atoms with Gasteiger partial charge in [0.2, 0.25) is 5.91 Å². The Hall–Kier alpha value is -2.00. The molecule has 0 saturated carbocycles. The van der Waals surface area contributed by atoms with Crippen LogP contribution >= 0.6 is 0 Å². The van der Waals surface area contributed by atoms with Crippen molar-refractivity contribution in [2.45, 2.75) is 25.9 Å². The molecule has 0 aromatic rings. The predicted molar refractivity (Wildman–Crippen MR) is 67.4 cm³/mol. The first-order chi connectivity index (χ1) is 9.20. The smallest absolute Gasteiger partial charge is 0.330 e. The van der Waals surface area contributed by atoms with Gasteiger partial charge in [-0.1, -0.05) is 13.8 Å². The van der Waals surface area contributed by atoms with Crippen LogP contribution in [0.5, 0.6) is 0 Å². The Labute approximate surface area is 115 Å². The van der Waals surface area contributed by atoms with E-state index in [4.69, 9.17) is 10.8 Å². The minimum Gasteiger partial charge on any atom is -0.480 e. The zero-order valence-corrected chi connectivity index (χ0v) is 11.5. The van der Waals surface area contributed by atoms with Crippen LogP contribution in [0.15, 0.2) is 0 Å². The van der Waals surface area contributed by atoms with E-state index in [2.05, 4.69) is 10.1 Å². The van der Waals surface area contributed by atoms with Crippen LogP contribution in [0.1, 0.15) is 13.8 Å². The van der Waals surface area contributed by atoms with Crippen LogP contribution in [-0.4, -0.2) is 54.6 Å². The van der Waals surface area contributed by atoms with Crippen LogP contribution < -0.4 is 16.4 Å². The first kappa shape index (κ1) is 18.0. The second-order valence-electron chi connectivity index (χ2n) is 4.35. The van der Waals surface area contributed by atoms with E-state index >= 15 is 0 Å². The number of carbonyl (C=O) groups excluding carboxylic acids is 3. The Morgan fingerprint density at radius 1 is 1.20 bits per heavy atom. The highest BCUT2D eigenvalue weighted by molar-refractivity contribution is 6.08. The summed E-state index contributed by atoms with van der Waals surface area (Å²) in [7, 11) is 1.20. The summed E-state index contributed by atoms with van der Waals surface area (Å²) in [5.74, 6) is -4.23. The Kier molecular flexibility index (Phi) is 7.40. The molecular weight excluding hydrogens is 270 g/mol. The number of esters is 1. The lowest BCUT2D eigenvalue weighted by atomic mass is 10.0. The quantitative estimate of drug-likeness (QED) is 0.305. The first-order valence-corrected chi connectivity index (χ1v) is 5.84.